The minimum absolute atomic E-state index is 0.147. The molecule has 5 aromatic rings. The molecule has 0 aliphatic carbocycles. The Morgan fingerprint density at radius 3 is 2.71 bits per heavy atom. The number of likely N-dealkylation sites (N-methyl/N-ethyl adjacent to an activating group) is 1. The summed E-state index contributed by atoms with van der Waals surface area (Å²) in [6, 6.07) is 12.0. The largest absolute Gasteiger partial charge is 0.475 e. The number of nitrogen functional groups attached to an aromatic ring is 1. The second-order valence-electron chi connectivity index (χ2n) is 9.56. The van der Waals surface area contributed by atoms with E-state index in [1.54, 1.807) is 0 Å². The van der Waals surface area contributed by atoms with Gasteiger partial charge in [-0.15, -0.1) is 10.2 Å². The number of nitrogens with zero attached hydrogens (tertiary/aromatic N) is 9. The number of ether oxygens (including phenoxy) is 1. The first-order chi connectivity index (χ1) is 18.5. The summed E-state index contributed by atoms with van der Waals surface area (Å²) in [7, 11) is 2.16. The van der Waals surface area contributed by atoms with Crippen molar-refractivity contribution >= 4 is 45.0 Å². The Morgan fingerprint density at radius 1 is 1.08 bits per heavy atom. The van der Waals surface area contributed by atoms with Crippen molar-refractivity contribution < 1.29 is 4.74 Å². The summed E-state index contributed by atoms with van der Waals surface area (Å²) in [4.78, 5) is 13.4. The lowest BCUT2D eigenvalue weighted by Crippen LogP contribution is -2.45. The molecule has 11 nitrogen and oxygen atoms in total. The molecule has 0 aromatic carbocycles. The first kappa shape index (κ1) is 24.9. The molecule has 6 rings (SSSR count). The standard InChI is InChI=1S/C26H29IN10O/c1-17(37-26-22(24(27)33-37)25(28)29-16-30-26)19-15-18-5-3-4-8-36(18)23(19)20-6-7-21(32-31-20)38-14-13-35-11-9-34(2)10-12-35/h3-8,15-17H,9-14H2,1-2H3,(H2,28,29,30). The van der Waals surface area contributed by atoms with E-state index in [2.05, 4.69) is 83.1 Å². The molecule has 2 N–H and O–H groups in total. The summed E-state index contributed by atoms with van der Waals surface area (Å²) >= 11 is 2.18. The van der Waals surface area contributed by atoms with E-state index in [4.69, 9.17) is 15.6 Å². The van der Waals surface area contributed by atoms with Gasteiger partial charge in [0, 0.05) is 56.1 Å². The van der Waals surface area contributed by atoms with Gasteiger partial charge < -0.3 is 19.8 Å². The van der Waals surface area contributed by atoms with Crippen molar-refractivity contribution in [2.45, 2.75) is 13.0 Å². The SMILES string of the molecule is CC(c1cc2ccccn2c1-c1ccc(OCCN2CCN(C)CC2)nn1)n1nc(I)c2c(N)ncnc21. The van der Waals surface area contributed by atoms with Crippen molar-refractivity contribution in [3.8, 4) is 17.3 Å². The molecule has 196 valence electrons. The van der Waals surface area contributed by atoms with Gasteiger partial charge >= 0.3 is 0 Å². The summed E-state index contributed by atoms with van der Waals surface area (Å²) < 4.78 is 10.7. The third-order valence-electron chi connectivity index (χ3n) is 7.14. The molecule has 0 amide bonds. The lowest BCUT2D eigenvalue weighted by Gasteiger charge is -2.32. The van der Waals surface area contributed by atoms with E-state index in [-0.39, 0.29) is 6.04 Å². The zero-order valence-electron chi connectivity index (χ0n) is 21.3. The van der Waals surface area contributed by atoms with Crippen LogP contribution < -0.4 is 10.5 Å². The van der Waals surface area contributed by atoms with Gasteiger partial charge in [-0.25, -0.2) is 14.6 Å². The van der Waals surface area contributed by atoms with Crippen LogP contribution in [0.2, 0.25) is 0 Å². The molecule has 1 saturated heterocycles. The van der Waals surface area contributed by atoms with E-state index >= 15 is 0 Å². The number of fused-ring (bicyclic) bond motifs is 2. The van der Waals surface area contributed by atoms with Gasteiger partial charge in [0.2, 0.25) is 5.88 Å². The number of anilines is 1. The fraction of sp³-hybridized carbons (Fsp3) is 0.346. The average molecular weight is 624 g/mol. The molecule has 1 fully saturated rings. The second kappa shape index (κ2) is 10.4. The monoisotopic (exact) mass is 624 g/mol. The van der Waals surface area contributed by atoms with Crippen LogP contribution in [0.15, 0.2) is 48.9 Å². The van der Waals surface area contributed by atoms with Gasteiger partial charge in [0.1, 0.15) is 28.1 Å². The van der Waals surface area contributed by atoms with E-state index in [1.807, 2.05) is 35.1 Å². The lowest BCUT2D eigenvalue weighted by molar-refractivity contribution is 0.132. The van der Waals surface area contributed by atoms with Crippen LogP contribution in [0.1, 0.15) is 18.5 Å². The maximum Gasteiger partial charge on any atom is 0.233 e. The number of nitrogens with two attached hydrogens (primary N) is 1. The molecule has 6 heterocycles. The molecule has 1 atom stereocenters. The van der Waals surface area contributed by atoms with E-state index in [1.165, 1.54) is 6.33 Å². The second-order valence-corrected chi connectivity index (χ2v) is 10.6. The number of halogens is 1. The molecule has 12 heteroatoms. The Hall–Kier alpha value is -3.36. The maximum atomic E-state index is 6.14. The zero-order valence-corrected chi connectivity index (χ0v) is 23.5. The fourth-order valence-electron chi connectivity index (χ4n) is 4.96. The molecule has 0 saturated carbocycles. The van der Waals surface area contributed by atoms with Crippen molar-refractivity contribution in [2.24, 2.45) is 0 Å². The van der Waals surface area contributed by atoms with E-state index in [0.717, 1.165) is 64.3 Å². The predicted molar refractivity (Wildman–Crippen MR) is 154 cm³/mol. The first-order valence-electron chi connectivity index (χ1n) is 12.6. The Balaban J connectivity index is 1.29. The number of piperazine rings is 1. The van der Waals surface area contributed by atoms with Crippen molar-refractivity contribution in [3.63, 3.8) is 0 Å². The highest BCUT2D eigenvalue weighted by atomic mass is 127. The summed E-state index contributed by atoms with van der Waals surface area (Å²) in [6.45, 7) is 7.88. The van der Waals surface area contributed by atoms with Crippen LogP contribution in [0.25, 0.3) is 27.9 Å². The van der Waals surface area contributed by atoms with Crippen LogP contribution in [-0.4, -0.2) is 90.5 Å². The molecule has 1 unspecified atom stereocenters. The third kappa shape index (κ3) is 4.67. The highest BCUT2D eigenvalue weighted by Crippen LogP contribution is 2.35. The highest BCUT2D eigenvalue weighted by Gasteiger charge is 2.24. The van der Waals surface area contributed by atoms with Crippen LogP contribution >= 0.6 is 22.6 Å². The van der Waals surface area contributed by atoms with Crippen molar-refractivity contribution in [1.82, 2.24) is 44.1 Å². The van der Waals surface area contributed by atoms with Crippen LogP contribution in [-0.2, 0) is 0 Å². The Kier molecular flexibility index (Phi) is 6.84. The summed E-state index contributed by atoms with van der Waals surface area (Å²) in [6.07, 6.45) is 3.51. The molecular weight excluding hydrogens is 595 g/mol. The molecule has 0 bridgehead atoms. The van der Waals surface area contributed by atoms with E-state index in [0.29, 0.717) is 24.0 Å². The average Bonchev–Trinajstić information content (AvgIpc) is 3.49. The number of aromatic nitrogens is 7. The Morgan fingerprint density at radius 2 is 1.92 bits per heavy atom. The van der Waals surface area contributed by atoms with Gasteiger partial charge in [0.25, 0.3) is 0 Å². The summed E-state index contributed by atoms with van der Waals surface area (Å²) in [5.74, 6) is 0.951. The Labute approximate surface area is 233 Å². The third-order valence-corrected chi connectivity index (χ3v) is 7.89. The van der Waals surface area contributed by atoms with Crippen LogP contribution in [0, 0.1) is 3.70 Å². The maximum absolute atomic E-state index is 6.14. The number of hydrogen-bond donors (Lipinski definition) is 1. The molecule has 0 radical (unpaired) electrons. The Bertz CT molecular complexity index is 1570. The number of pyridine rings is 1. The fourth-order valence-corrected chi connectivity index (χ4v) is 5.71. The van der Waals surface area contributed by atoms with E-state index < -0.39 is 0 Å². The van der Waals surface area contributed by atoms with Gasteiger partial charge in [-0.3, -0.25) is 4.90 Å². The molecule has 1 aliphatic heterocycles. The van der Waals surface area contributed by atoms with Gasteiger partial charge in [-0.05, 0) is 60.8 Å². The van der Waals surface area contributed by atoms with E-state index in [9.17, 15) is 0 Å². The van der Waals surface area contributed by atoms with Crippen LogP contribution in [0.4, 0.5) is 5.82 Å². The van der Waals surface area contributed by atoms with Crippen molar-refractivity contribution in [3.05, 3.63) is 58.2 Å². The molecule has 0 spiro atoms. The zero-order chi connectivity index (χ0) is 26.2. The van der Waals surface area contributed by atoms with Gasteiger partial charge in [-0.1, -0.05) is 6.07 Å². The lowest BCUT2D eigenvalue weighted by atomic mass is 10.1. The van der Waals surface area contributed by atoms with Gasteiger partial charge in [0.05, 0.1) is 17.1 Å². The van der Waals surface area contributed by atoms with Crippen LogP contribution in [0.3, 0.4) is 0 Å². The van der Waals surface area contributed by atoms with Gasteiger partial charge in [0.15, 0.2) is 5.65 Å². The summed E-state index contributed by atoms with van der Waals surface area (Å²) in [5, 5.41) is 14.5. The topological polar surface area (TPSA) is 116 Å². The highest BCUT2D eigenvalue weighted by molar-refractivity contribution is 14.1. The molecule has 1 aliphatic rings. The smallest absolute Gasteiger partial charge is 0.233 e. The minimum Gasteiger partial charge on any atom is -0.475 e. The van der Waals surface area contributed by atoms with Crippen molar-refractivity contribution in [2.75, 3.05) is 52.1 Å². The molecule has 5 aromatic heterocycles. The molecule has 38 heavy (non-hydrogen) atoms. The first-order valence-corrected chi connectivity index (χ1v) is 13.7. The number of hydrogen-bond acceptors (Lipinski definition) is 9. The normalized spacial score (nSPS) is 15.9. The molecular formula is C26H29IN10O. The van der Waals surface area contributed by atoms with Crippen molar-refractivity contribution in [1.29, 1.82) is 0 Å². The minimum atomic E-state index is -0.147. The number of rotatable bonds is 7. The van der Waals surface area contributed by atoms with Gasteiger partial charge in [-0.2, -0.15) is 5.10 Å². The predicted octanol–water partition coefficient (Wildman–Crippen LogP) is 2.96. The van der Waals surface area contributed by atoms with Crippen LogP contribution in [0.5, 0.6) is 5.88 Å². The summed E-state index contributed by atoms with van der Waals surface area (Å²) in [5.41, 5.74) is 10.6. The quantitative estimate of drug-likeness (QED) is 0.273.